The summed E-state index contributed by atoms with van der Waals surface area (Å²) in [5, 5.41) is 12.7. The number of benzene rings is 1. The molecule has 0 saturated heterocycles. The summed E-state index contributed by atoms with van der Waals surface area (Å²) in [6.45, 7) is 6.43. The zero-order chi connectivity index (χ0) is 15.2. The molecule has 1 aromatic heterocycles. The van der Waals surface area contributed by atoms with Crippen molar-refractivity contribution in [3.8, 4) is 0 Å². The van der Waals surface area contributed by atoms with Crippen molar-refractivity contribution in [2.24, 2.45) is 18.9 Å². The highest BCUT2D eigenvalue weighted by atomic mass is 16.3. The molecule has 4 heteroatoms. The highest BCUT2D eigenvalue weighted by Crippen LogP contribution is 2.16. The van der Waals surface area contributed by atoms with Crippen LogP contribution >= 0.6 is 0 Å². The van der Waals surface area contributed by atoms with Gasteiger partial charge in [0.1, 0.15) is 5.82 Å². The SMILES string of the molecule is CC(C)CC(CCO)CNCc1nc2ccccc2n1C. The molecule has 0 spiro atoms. The molecule has 0 aliphatic carbocycles. The molecular formula is C17H27N3O. The van der Waals surface area contributed by atoms with E-state index < -0.39 is 0 Å². The van der Waals surface area contributed by atoms with Gasteiger partial charge >= 0.3 is 0 Å². The molecule has 0 fully saturated rings. The van der Waals surface area contributed by atoms with E-state index in [2.05, 4.69) is 41.8 Å². The summed E-state index contributed by atoms with van der Waals surface area (Å²) >= 11 is 0. The van der Waals surface area contributed by atoms with Crippen LogP contribution in [0.25, 0.3) is 11.0 Å². The smallest absolute Gasteiger partial charge is 0.123 e. The summed E-state index contributed by atoms with van der Waals surface area (Å²) in [5.41, 5.74) is 2.22. The molecule has 0 bridgehead atoms. The maximum atomic E-state index is 9.16. The van der Waals surface area contributed by atoms with E-state index in [1.54, 1.807) is 0 Å². The Labute approximate surface area is 127 Å². The van der Waals surface area contributed by atoms with Gasteiger partial charge in [-0.25, -0.2) is 4.98 Å². The van der Waals surface area contributed by atoms with E-state index in [1.165, 1.54) is 5.52 Å². The maximum Gasteiger partial charge on any atom is 0.123 e. The molecule has 1 aromatic carbocycles. The summed E-state index contributed by atoms with van der Waals surface area (Å²) in [7, 11) is 2.06. The second-order valence-corrected chi connectivity index (χ2v) is 6.21. The van der Waals surface area contributed by atoms with Crippen molar-refractivity contribution in [3.63, 3.8) is 0 Å². The Morgan fingerprint density at radius 2 is 2.05 bits per heavy atom. The van der Waals surface area contributed by atoms with Crippen molar-refractivity contribution >= 4 is 11.0 Å². The van der Waals surface area contributed by atoms with Crippen LogP contribution in [-0.2, 0) is 13.6 Å². The Bertz CT molecular complexity index is 562. The lowest BCUT2D eigenvalue weighted by molar-refractivity contribution is 0.239. The first-order valence-corrected chi connectivity index (χ1v) is 7.83. The van der Waals surface area contributed by atoms with Gasteiger partial charge in [0, 0.05) is 13.7 Å². The van der Waals surface area contributed by atoms with Crippen LogP contribution < -0.4 is 5.32 Å². The van der Waals surface area contributed by atoms with Crippen LogP contribution in [0, 0.1) is 11.8 Å². The van der Waals surface area contributed by atoms with Crippen molar-refractivity contribution < 1.29 is 5.11 Å². The van der Waals surface area contributed by atoms with Crippen molar-refractivity contribution in [1.82, 2.24) is 14.9 Å². The van der Waals surface area contributed by atoms with Crippen LogP contribution in [0.2, 0.25) is 0 Å². The van der Waals surface area contributed by atoms with Gasteiger partial charge in [0.05, 0.1) is 17.6 Å². The molecule has 21 heavy (non-hydrogen) atoms. The van der Waals surface area contributed by atoms with E-state index in [-0.39, 0.29) is 6.61 Å². The number of para-hydroxylation sites is 2. The summed E-state index contributed by atoms with van der Waals surface area (Å²) in [5.74, 6) is 2.26. The number of imidazole rings is 1. The number of nitrogens with one attached hydrogen (secondary N) is 1. The van der Waals surface area contributed by atoms with Crippen LogP contribution in [0.5, 0.6) is 0 Å². The standard InChI is InChI=1S/C17H27N3O/c1-13(2)10-14(8-9-21)11-18-12-17-19-15-6-4-5-7-16(15)20(17)3/h4-7,13-14,18,21H,8-12H2,1-3H3. The van der Waals surface area contributed by atoms with Gasteiger partial charge in [0.2, 0.25) is 0 Å². The van der Waals surface area contributed by atoms with Crippen LogP contribution in [0.4, 0.5) is 0 Å². The Morgan fingerprint density at radius 1 is 1.29 bits per heavy atom. The van der Waals surface area contributed by atoms with Crippen LogP contribution in [0.15, 0.2) is 24.3 Å². The highest BCUT2D eigenvalue weighted by molar-refractivity contribution is 5.75. The third-order valence-electron chi connectivity index (χ3n) is 3.94. The van der Waals surface area contributed by atoms with E-state index in [0.29, 0.717) is 11.8 Å². The Hall–Kier alpha value is -1.39. The number of rotatable bonds is 8. The zero-order valence-corrected chi connectivity index (χ0v) is 13.3. The molecular weight excluding hydrogens is 262 g/mol. The minimum Gasteiger partial charge on any atom is -0.396 e. The lowest BCUT2D eigenvalue weighted by Crippen LogP contribution is -2.25. The van der Waals surface area contributed by atoms with Gasteiger partial charge in [-0.3, -0.25) is 0 Å². The minimum atomic E-state index is 0.269. The van der Waals surface area contributed by atoms with Gasteiger partial charge in [0.15, 0.2) is 0 Å². The largest absolute Gasteiger partial charge is 0.396 e. The number of fused-ring (bicyclic) bond motifs is 1. The number of hydrogen-bond acceptors (Lipinski definition) is 3. The van der Waals surface area contributed by atoms with Gasteiger partial charge in [-0.2, -0.15) is 0 Å². The summed E-state index contributed by atoms with van der Waals surface area (Å²) in [6.07, 6.45) is 2.02. The van der Waals surface area contributed by atoms with Crippen LogP contribution in [-0.4, -0.2) is 27.8 Å². The Kier molecular flexibility index (Phi) is 5.76. The van der Waals surface area contributed by atoms with E-state index in [4.69, 9.17) is 5.11 Å². The van der Waals surface area contributed by atoms with E-state index in [0.717, 1.165) is 37.3 Å². The van der Waals surface area contributed by atoms with Crippen LogP contribution in [0.1, 0.15) is 32.5 Å². The van der Waals surface area contributed by atoms with Crippen molar-refractivity contribution in [1.29, 1.82) is 0 Å². The molecule has 0 aliphatic rings. The first-order valence-electron chi connectivity index (χ1n) is 7.83. The van der Waals surface area contributed by atoms with Crippen molar-refractivity contribution in [2.45, 2.75) is 33.2 Å². The monoisotopic (exact) mass is 289 g/mol. The molecule has 1 unspecified atom stereocenters. The Morgan fingerprint density at radius 3 is 2.71 bits per heavy atom. The second kappa shape index (κ2) is 7.57. The van der Waals surface area contributed by atoms with Gasteiger partial charge < -0.3 is 15.0 Å². The van der Waals surface area contributed by atoms with Crippen LogP contribution in [0.3, 0.4) is 0 Å². The molecule has 2 N–H and O–H groups in total. The summed E-state index contributed by atoms with van der Waals surface area (Å²) < 4.78 is 2.14. The fourth-order valence-corrected chi connectivity index (χ4v) is 2.89. The fourth-order valence-electron chi connectivity index (χ4n) is 2.89. The lowest BCUT2D eigenvalue weighted by atomic mass is 9.94. The first kappa shape index (κ1) is 16.0. The van der Waals surface area contributed by atoms with Gasteiger partial charge in [0.25, 0.3) is 0 Å². The third kappa shape index (κ3) is 4.29. The third-order valence-corrected chi connectivity index (χ3v) is 3.94. The predicted molar refractivity (Wildman–Crippen MR) is 87.1 cm³/mol. The van der Waals surface area contributed by atoms with Crippen molar-refractivity contribution in [3.05, 3.63) is 30.1 Å². The molecule has 116 valence electrons. The molecule has 0 amide bonds. The van der Waals surface area contributed by atoms with E-state index in [9.17, 15) is 0 Å². The van der Waals surface area contributed by atoms with E-state index in [1.807, 2.05) is 18.2 Å². The molecule has 0 saturated carbocycles. The molecule has 0 aliphatic heterocycles. The number of aromatic nitrogens is 2. The number of nitrogens with zero attached hydrogens (tertiary/aromatic N) is 2. The average Bonchev–Trinajstić information content (AvgIpc) is 2.76. The Balaban J connectivity index is 1.93. The summed E-state index contributed by atoms with van der Waals surface area (Å²) in [4.78, 5) is 4.67. The predicted octanol–water partition coefficient (Wildman–Crippen LogP) is 2.71. The van der Waals surface area contributed by atoms with Gasteiger partial charge in [-0.15, -0.1) is 0 Å². The first-order chi connectivity index (χ1) is 10.1. The quantitative estimate of drug-likeness (QED) is 0.785. The normalized spacial score (nSPS) is 13.2. The fraction of sp³-hybridized carbons (Fsp3) is 0.588. The number of aliphatic hydroxyl groups excluding tert-OH is 1. The van der Waals surface area contributed by atoms with Gasteiger partial charge in [-0.1, -0.05) is 26.0 Å². The van der Waals surface area contributed by atoms with E-state index >= 15 is 0 Å². The minimum absolute atomic E-state index is 0.269. The zero-order valence-electron chi connectivity index (χ0n) is 13.3. The maximum absolute atomic E-state index is 9.16. The summed E-state index contributed by atoms with van der Waals surface area (Å²) in [6, 6.07) is 8.21. The lowest BCUT2D eigenvalue weighted by Gasteiger charge is -2.18. The highest BCUT2D eigenvalue weighted by Gasteiger charge is 2.11. The van der Waals surface area contributed by atoms with Crippen molar-refractivity contribution in [2.75, 3.05) is 13.2 Å². The molecule has 2 rings (SSSR count). The molecule has 4 nitrogen and oxygen atoms in total. The average molecular weight is 289 g/mol. The topological polar surface area (TPSA) is 50.1 Å². The molecule has 1 atom stereocenters. The molecule has 0 radical (unpaired) electrons. The molecule has 2 aromatic rings. The second-order valence-electron chi connectivity index (χ2n) is 6.21. The number of hydrogen-bond donors (Lipinski definition) is 2. The number of aliphatic hydroxyl groups is 1. The number of aryl methyl sites for hydroxylation is 1. The van der Waals surface area contributed by atoms with Gasteiger partial charge in [-0.05, 0) is 43.4 Å². The molecule has 1 heterocycles.